The fourth-order valence-corrected chi connectivity index (χ4v) is 4.50. The van der Waals surface area contributed by atoms with Crippen molar-refractivity contribution in [2.75, 3.05) is 24.8 Å². The van der Waals surface area contributed by atoms with E-state index in [1.54, 1.807) is 15.8 Å². The van der Waals surface area contributed by atoms with Gasteiger partial charge < -0.3 is 14.7 Å². The first-order chi connectivity index (χ1) is 16.0. The summed E-state index contributed by atoms with van der Waals surface area (Å²) < 4.78 is 7.87. The van der Waals surface area contributed by atoms with E-state index >= 15 is 0 Å². The molecule has 0 fully saturated rings. The van der Waals surface area contributed by atoms with E-state index in [1.807, 2.05) is 54.4 Å². The van der Waals surface area contributed by atoms with Crippen LogP contribution in [0.4, 0.5) is 0 Å². The molecule has 7 nitrogen and oxygen atoms in total. The Balaban J connectivity index is 1.83. The summed E-state index contributed by atoms with van der Waals surface area (Å²) in [6.07, 6.45) is 5.32. The fraction of sp³-hybridized carbons (Fsp3) is 0.231. The summed E-state index contributed by atoms with van der Waals surface area (Å²) in [5.41, 5.74) is 3.50. The summed E-state index contributed by atoms with van der Waals surface area (Å²) in [4.78, 5) is 27.1. The normalized spacial score (nSPS) is 18.6. The molecule has 0 aliphatic carbocycles. The molecule has 0 saturated carbocycles. The Morgan fingerprint density at radius 3 is 2.58 bits per heavy atom. The predicted octanol–water partition coefficient (Wildman–Crippen LogP) is 3.26. The summed E-state index contributed by atoms with van der Waals surface area (Å²) in [5.74, 6) is -0.136. The Kier molecular flexibility index (Phi) is 5.17. The van der Waals surface area contributed by atoms with Gasteiger partial charge in [-0.1, -0.05) is 48.5 Å². The van der Waals surface area contributed by atoms with Crippen molar-refractivity contribution >= 4 is 5.91 Å². The smallest absolute Gasteiger partial charge is 0.278 e. The Morgan fingerprint density at radius 1 is 1.00 bits per heavy atom. The standard InChI is InChI=1S/C26H25N3O4/c1-17-10-11-20-22(19-8-4-3-5-9-19)29-16-27(13-6-7-15-33-25(20)18(17)2)26(32)23-24(31)21(30)12-14-28(23)29/h3-12,14,22,31H,13,15-16H2,1-2H3/b7-6-. The van der Waals surface area contributed by atoms with Crippen molar-refractivity contribution in [1.82, 2.24) is 9.58 Å². The second-order valence-corrected chi connectivity index (χ2v) is 8.35. The molecule has 2 aliphatic rings. The molecule has 1 atom stereocenters. The molecule has 33 heavy (non-hydrogen) atoms. The minimum absolute atomic E-state index is 0.0337. The molecule has 3 heterocycles. The van der Waals surface area contributed by atoms with E-state index in [0.717, 1.165) is 28.0 Å². The van der Waals surface area contributed by atoms with Gasteiger partial charge in [-0.2, -0.15) is 0 Å². The van der Waals surface area contributed by atoms with Crippen LogP contribution in [-0.2, 0) is 0 Å². The molecule has 1 amide bonds. The number of aromatic hydroxyl groups is 1. The Bertz CT molecular complexity index is 1310. The molecule has 0 saturated heterocycles. The summed E-state index contributed by atoms with van der Waals surface area (Å²) in [5, 5.41) is 12.6. The molecule has 0 spiro atoms. The first-order valence-corrected chi connectivity index (χ1v) is 10.9. The monoisotopic (exact) mass is 443 g/mol. The van der Waals surface area contributed by atoms with Crippen molar-refractivity contribution in [2.45, 2.75) is 19.9 Å². The quantitative estimate of drug-likeness (QED) is 0.585. The molecule has 2 bridgehead atoms. The second kappa shape index (κ2) is 8.16. The number of aryl methyl sites for hydroxylation is 1. The first-order valence-electron chi connectivity index (χ1n) is 10.9. The van der Waals surface area contributed by atoms with Gasteiger partial charge in [0.05, 0.1) is 0 Å². The van der Waals surface area contributed by atoms with Crippen LogP contribution >= 0.6 is 0 Å². The Hall–Kier alpha value is -4.00. The minimum Gasteiger partial charge on any atom is -0.502 e. The summed E-state index contributed by atoms with van der Waals surface area (Å²) in [6, 6.07) is 15.0. The lowest BCUT2D eigenvalue weighted by Gasteiger charge is -2.44. The molecular formula is C26H25N3O4. The molecule has 1 aromatic heterocycles. The van der Waals surface area contributed by atoms with Crippen LogP contribution in [0.5, 0.6) is 11.5 Å². The molecule has 168 valence electrons. The zero-order chi connectivity index (χ0) is 23.1. The largest absolute Gasteiger partial charge is 0.502 e. The molecular weight excluding hydrogens is 418 g/mol. The van der Waals surface area contributed by atoms with E-state index in [-0.39, 0.29) is 18.4 Å². The van der Waals surface area contributed by atoms with Gasteiger partial charge in [0.2, 0.25) is 5.43 Å². The van der Waals surface area contributed by atoms with Crippen LogP contribution in [0.15, 0.2) is 71.7 Å². The lowest BCUT2D eigenvalue weighted by atomic mass is 9.93. The minimum atomic E-state index is -0.581. The molecule has 0 radical (unpaired) electrons. The number of rotatable bonds is 1. The van der Waals surface area contributed by atoms with Crippen molar-refractivity contribution in [3.63, 3.8) is 0 Å². The lowest BCUT2D eigenvalue weighted by molar-refractivity contribution is 0.0701. The van der Waals surface area contributed by atoms with Crippen LogP contribution in [-0.4, -0.2) is 40.4 Å². The van der Waals surface area contributed by atoms with Crippen molar-refractivity contribution in [3.8, 4) is 11.5 Å². The number of aromatic nitrogens is 1. The molecule has 2 aromatic carbocycles. The molecule has 3 aromatic rings. The van der Waals surface area contributed by atoms with E-state index in [4.69, 9.17) is 4.74 Å². The average molecular weight is 444 g/mol. The number of hydrogen-bond donors (Lipinski definition) is 1. The summed E-state index contributed by atoms with van der Waals surface area (Å²) >= 11 is 0. The number of benzene rings is 2. The van der Waals surface area contributed by atoms with Crippen molar-refractivity contribution in [3.05, 3.63) is 105 Å². The summed E-state index contributed by atoms with van der Waals surface area (Å²) in [6.45, 7) is 5.07. The second-order valence-electron chi connectivity index (χ2n) is 8.35. The zero-order valence-electron chi connectivity index (χ0n) is 18.6. The third kappa shape index (κ3) is 3.46. The highest BCUT2D eigenvalue weighted by molar-refractivity contribution is 5.96. The fourth-order valence-electron chi connectivity index (χ4n) is 4.50. The number of fused-ring (bicyclic) bond motifs is 5. The third-order valence-corrected chi connectivity index (χ3v) is 6.37. The Labute approximate surface area is 191 Å². The highest BCUT2D eigenvalue weighted by Crippen LogP contribution is 2.39. The van der Waals surface area contributed by atoms with Crippen molar-refractivity contribution in [2.24, 2.45) is 0 Å². The van der Waals surface area contributed by atoms with Gasteiger partial charge in [0, 0.05) is 24.4 Å². The van der Waals surface area contributed by atoms with E-state index < -0.39 is 17.1 Å². The number of carbonyl (C=O) groups is 1. The number of pyridine rings is 1. The van der Waals surface area contributed by atoms with Gasteiger partial charge >= 0.3 is 0 Å². The van der Waals surface area contributed by atoms with Crippen LogP contribution in [0, 0.1) is 13.8 Å². The van der Waals surface area contributed by atoms with E-state index in [2.05, 4.69) is 19.1 Å². The first kappa shape index (κ1) is 20.9. The highest BCUT2D eigenvalue weighted by atomic mass is 16.5. The van der Waals surface area contributed by atoms with Crippen molar-refractivity contribution in [1.29, 1.82) is 0 Å². The maximum absolute atomic E-state index is 13.3. The molecule has 5 rings (SSSR count). The average Bonchev–Trinajstić information content (AvgIpc) is 2.85. The highest BCUT2D eigenvalue weighted by Gasteiger charge is 2.37. The van der Waals surface area contributed by atoms with Gasteiger partial charge in [0.25, 0.3) is 5.91 Å². The van der Waals surface area contributed by atoms with E-state index in [1.165, 1.54) is 6.07 Å². The number of nitrogens with zero attached hydrogens (tertiary/aromatic N) is 3. The van der Waals surface area contributed by atoms with Crippen LogP contribution in [0.1, 0.15) is 38.8 Å². The lowest BCUT2D eigenvalue weighted by Crippen LogP contribution is -2.55. The van der Waals surface area contributed by atoms with Crippen LogP contribution in [0.2, 0.25) is 0 Å². The van der Waals surface area contributed by atoms with Gasteiger partial charge in [0.1, 0.15) is 25.1 Å². The number of hydrogen-bond acceptors (Lipinski definition) is 5. The Morgan fingerprint density at radius 2 is 1.79 bits per heavy atom. The topological polar surface area (TPSA) is 75.0 Å². The van der Waals surface area contributed by atoms with Crippen LogP contribution in [0.25, 0.3) is 0 Å². The third-order valence-electron chi connectivity index (χ3n) is 6.37. The van der Waals surface area contributed by atoms with Crippen molar-refractivity contribution < 1.29 is 14.6 Å². The van der Waals surface area contributed by atoms with Crippen LogP contribution in [0.3, 0.4) is 0 Å². The van der Waals surface area contributed by atoms with Crippen LogP contribution < -0.4 is 15.2 Å². The maximum atomic E-state index is 13.3. The van der Waals surface area contributed by atoms with Gasteiger partial charge in [-0.25, -0.2) is 0 Å². The van der Waals surface area contributed by atoms with Gasteiger partial charge in [0.15, 0.2) is 11.4 Å². The van der Waals surface area contributed by atoms with Gasteiger partial charge in [-0.15, -0.1) is 0 Å². The predicted molar refractivity (Wildman–Crippen MR) is 125 cm³/mol. The number of ether oxygens (including phenoxy) is 1. The molecule has 7 heteroatoms. The zero-order valence-corrected chi connectivity index (χ0v) is 18.6. The van der Waals surface area contributed by atoms with E-state index in [0.29, 0.717) is 13.2 Å². The van der Waals surface area contributed by atoms with Gasteiger partial charge in [-0.3, -0.25) is 19.3 Å². The summed E-state index contributed by atoms with van der Waals surface area (Å²) in [7, 11) is 0. The van der Waals surface area contributed by atoms with E-state index in [9.17, 15) is 14.7 Å². The maximum Gasteiger partial charge on any atom is 0.278 e. The number of amides is 1. The molecule has 1 N–H and O–H groups in total. The number of carbonyl (C=O) groups excluding carboxylic acids is 1. The SMILES string of the molecule is Cc1ccc2c(c1C)OC/C=C\CN1CN(C2c2ccccc2)n2ccc(=O)c(O)c2C1=O. The van der Waals surface area contributed by atoms with Gasteiger partial charge in [-0.05, 0) is 36.6 Å². The molecule has 1 unspecified atom stereocenters. The molecule has 2 aliphatic heterocycles.